The van der Waals surface area contributed by atoms with Crippen LogP contribution in [0.15, 0.2) is 57.6 Å². The monoisotopic (exact) mass is 454 g/mol. The quantitative estimate of drug-likeness (QED) is 0.566. The Bertz CT molecular complexity index is 960. The van der Waals surface area contributed by atoms with Crippen molar-refractivity contribution in [2.24, 2.45) is 8.80 Å². The Labute approximate surface area is 191 Å². The van der Waals surface area contributed by atoms with Gasteiger partial charge in [0.1, 0.15) is 5.75 Å². The molecule has 170 valence electrons. The van der Waals surface area contributed by atoms with Crippen molar-refractivity contribution in [1.29, 1.82) is 0 Å². The van der Waals surface area contributed by atoms with E-state index in [-0.39, 0.29) is 0 Å². The molecular formula is C23H30N6O2S. The van der Waals surface area contributed by atoms with Crippen LogP contribution in [0.5, 0.6) is 5.75 Å². The third kappa shape index (κ3) is 6.86. The van der Waals surface area contributed by atoms with Crippen molar-refractivity contribution in [1.82, 2.24) is 20.5 Å². The van der Waals surface area contributed by atoms with Gasteiger partial charge in [-0.25, -0.2) is 4.21 Å². The zero-order valence-electron chi connectivity index (χ0n) is 18.2. The van der Waals surface area contributed by atoms with Crippen molar-refractivity contribution in [3.63, 3.8) is 0 Å². The van der Waals surface area contributed by atoms with Gasteiger partial charge >= 0.3 is 0 Å². The molecule has 4 rings (SSSR count). The molecule has 2 aromatic rings. The summed E-state index contributed by atoms with van der Waals surface area (Å²) in [6, 6.07) is 12.2. The number of ether oxygens (including phenoxy) is 1. The van der Waals surface area contributed by atoms with Gasteiger partial charge in [-0.1, -0.05) is 18.6 Å². The zero-order chi connectivity index (χ0) is 22.0. The number of aromatic nitrogens is 1. The SMILES string of the molecule is O=S1N=C(NCCCOc2cccc(CN3CCCCC3)c2)C(NCc2ccncc2)=N1. The lowest BCUT2D eigenvalue weighted by molar-refractivity contribution is 0.220. The zero-order valence-corrected chi connectivity index (χ0v) is 19.0. The van der Waals surface area contributed by atoms with E-state index in [4.69, 9.17) is 4.74 Å². The van der Waals surface area contributed by atoms with Crippen LogP contribution in [0.2, 0.25) is 0 Å². The average Bonchev–Trinajstić information content (AvgIpc) is 3.18. The lowest BCUT2D eigenvalue weighted by Gasteiger charge is -2.26. The highest BCUT2D eigenvalue weighted by Crippen LogP contribution is 2.17. The van der Waals surface area contributed by atoms with Crippen LogP contribution < -0.4 is 15.4 Å². The van der Waals surface area contributed by atoms with Crippen LogP contribution >= 0.6 is 0 Å². The van der Waals surface area contributed by atoms with E-state index in [0.717, 1.165) is 24.3 Å². The molecule has 0 radical (unpaired) electrons. The van der Waals surface area contributed by atoms with Gasteiger partial charge in [0.15, 0.2) is 11.7 Å². The molecule has 8 nitrogen and oxygen atoms in total. The largest absolute Gasteiger partial charge is 0.494 e. The standard InChI is InChI=1S/C23H30N6O2S/c30-32-27-22(23(28-32)26-17-19-8-11-24-12-9-19)25-10-5-15-31-21-7-4-6-20(16-21)18-29-13-2-1-3-14-29/h4,6-9,11-12,16H,1-3,5,10,13-15,17-18H2,(H,25,27)(H,26,28). The summed E-state index contributed by atoms with van der Waals surface area (Å²) < 4.78 is 25.8. The van der Waals surface area contributed by atoms with Gasteiger partial charge in [0.05, 0.1) is 6.61 Å². The molecule has 3 heterocycles. The Morgan fingerprint density at radius 3 is 2.56 bits per heavy atom. The molecule has 1 aromatic heterocycles. The van der Waals surface area contributed by atoms with Gasteiger partial charge in [-0.2, -0.15) is 0 Å². The normalized spacial score (nSPS) is 18.7. The van der Waals surface area contributed by atoms with Gasteiger partial charge < -0.3 is 15.4 Å². The first-order valence-corrected chi connectivity index (χ1v) is 12.2. The molecule has 1 unspecified atom stereocenters. The third-order valence-corrected chi connectivity index (χ3v) is 6.09. The summed E-state index contributed by atoms with van der Waals surface area (Å²) in [5.74, 6) is 1.95. The summed E-state index contributed by atoms with van der Waals surface area (Å²) in [6.45, 7) is 5.18. The van der Waals surface area contributed by atoms with Gasteiger partial charge in [0, 0.05) is 32.0 Å². The minimum atomic E-state index is -1.58. The molecule has 2 aliphatic rings. The second-order valence-corrected chi connectivity index (χ2v) is 8.76. The van der Waals surface area contributed by atoms with Gasteiger partial charge in [0.2, 0.25) is 0 Å². The molecule has 1 aromatic carbocycles. The maximum absolute atomic E-state index is 11.7. The second kappa shape index (κ2) is 11.7. The van der Waals surface area contributed by atoms with Gasteiger partial charge in [-0.3, -0.25) is 9.88 Å². The smallest absolute Gasteiger partial charge is 0.269 e. The van der Waals surface area contributed by atoms with Crippen molar-refractivity contribution < 1.29 is 8.95 Å². The predicted octanol–water partition coefficient (Wildman–Crippen LogP) is 2.61. The summed E-state index contributed by atoms with van der Waals surface area (Å²) in [5.41, 5.74) is 2.36. The number of amidine groups is 2. The van der Waals surface area contributed by atoms with Crippen LogP contribution in [0.3, 0.4) is 0 Å². The Morgan fingerprint density at radius 2 is 1.75 bits per heavy atom. The van der Waals surface area contributed by atoms with Gasteiger partial charge in [-0.05, 0) is 67.7 Å². The third-order valence-electron chi connectivity index (χ3n) is 5.41. The van der Waals surface area contributed by atoms with E-state index < -0.39 is 11.2 Å². The fourth-order valence-electron chi connectivity index (χ4n) is 3.76. The number of nitrogens with one attached hydrogen (secondary N) is 2. The molecule has 2 N–H and O–H groups in total. The van der Waals surface area contributed by atoms with Gasteiger partial charge in [0.25, 0.3) is 11.2 Å². The molecule has 1 fully saturated rings. The maximum atomic E-state index is 11.7. The molecule has 1 saturated heterocycles. The Kier molecular flexibility index (Phi) is 8.22. The Hall–Kier alpha value is -2.78. The second-order valence-electron chi connectivity index (χ2n) is 7.93. The molecule has 0 spiro atoms. The summed E-state index contributed by atoms with van der Waals surface area (Å²) in [7, 11) is 0. The summed E-state index contributed by atoms with van der Waals surface area (Å²) in [4.78, 5) is 6.52. The van der Waals surface area contributed by atoms with Crippen LogP contribution in [-0.4, -0.2) is 52.0 Å². The van der Waals surface area contributed by atoms with Gasteiger partial charge in [-0.15, -0.1) is 8.80 Å². The summed E-state index contributed by atoms with van der Waals surface area (Å²) in [6.07, 6.45) is 8.22. The molecule has 0 bridgehead atoms. The van der Waals surface area contributed by atoms with Crippen LogP contribution in [0.4, 0.5) is 0 Å². The fraction of sp³-hybridized carbons (Fsp3) is 0.435. The van der Waals surface area contributed by atoms with Crippen molar-refractivity contribution in [2.75, 3.05) is 26.2 Å². The molecule has 1 atom stereocenters. The number of hydrogen-bond donors (Lipinski definition) is 2. The number of nitrogens with zero attached hydrogens (tertiary/aromatic N) is 4. The number of hydrogen-bond acceptors (Lipinski definition) is 6. The predicted molar refractivity (Wildman–Crippen MR) is 128 cm³/mol. The van der Waals surface area contributed by atoms with Crippen LogP contribution in [-0.2, 0) is 24.3 Å². The van der Waals surface area contributed by atoms with Crippen LogP contribution in [0.25, 0.3) is 0 Å². The average molecular weight is 455 g/mol. The highest BCUT2D eigenvalue weighted by molar-refractivity contribution is 7.83. The molecule has 32 heavy (non-hydrogen) atoms. The minimum Gasteiger partial charge on any atom is -0.494 e. The first-order chi connectivity index (χ1) is 15.8. The number of pyridine rings is 1. The Morgan fingerprint density at radius 1 is 0.969 bits per heavy atom. The lowest BCUT2D eigenvalue weighted by Crippen LogP contribution is -2.38. The molecule has 9 heteroatoms. The first kappa shape index (κ1) is 22.4. The molecular weight excluding hydrogens is 424 g/mol. The van der Waals surface area contributed by atoms with Crippen LogP contribution in [0.1, 0.15) is 36.8 Å². The van der Waals surface area contributed by atoms with E-state index in [9.17, 15) is 4.21 Å². The van der Waals surface area contributed by atoms with Crippen molar-refractivity contribution in [3.8, 4) is 5.75 Å². The van der Waals surface area contributed by atoms with E-state index in [2.05, 4.69) is 47.5 Å². The first-order valence-electron chi connectivity index (χ1n) is 11.2. The highest BCUT2D eigenvalue weighted by Gasteiger charge is 2.18. The molecule has 0 aliphatic carbocycles. The Balaban J connectivity index is 1.17. The van der Waals surface area contributed by atoms with E-state index in [1.54, 1.807) is 12.4 Å². The van der Waals surface area contributed by atoms with E-state index in [1.165, 1.54) is 37.9 Å². The summed E-state index contributed by atoms with van der Waals surface area (Å²) in [5, 5.41) is 6.40. The molecule has 0 saturated carbocycles. The topological polar surface area (TPSA) is 91.2 Å². The molecule has 2 aliphatic heterocycles. The van der Waals surface area contributed by atoms with Crippen molar-refractivity contribution >= 4 is 22.8 Å². The fourth-order valence-corrected chi connectivity index (χ4v) is 4.42. The van der Waals surface area contributed by atoms with E-state index >= 15 is 0 Å². The number of piperidine rings is 1. The summed E-state index contributed by atoms with van der Waals surface area (Å²) >= 11 is -1.58. The van der Waals surface area contributed by atoms with E-state index in [0.29, 0.717) is 31.4 Å². The lowest BCUT2D eigenvalue weighted by atomic mass is 10.1. The van der Waals surface area contributed by atoms with Crippen molar-refractivity contribution in [2.45, 2.75) is 38.8 Å². The minimum absolute atomic E-state index is 0.520. The number of benzene rings is 1. The van der Waals surface area contributed by atoms with Crippen LogP contribution in [0, 0.1) is 0 Å². The maximum Gasteiger partial charge on any atom is 0.269 e. The number of likely N-dealkylation sites (tertiary alicyclic amines) is 1. The van der Waals surface area contributed by atoms with Crippen molar-refractivity contribution in [3.05, 3.63) is 59.9 Å². The molecule has 0 amide bonds. The van der Waals surface area contributed by atoms with E-state index in [1.807, 2.05) is 18.2 Å². The number of rotatable bonds is 9. The highest BCUT2D eigenvalue weighted by atomic mass is 32.2.